The maximum Gasteiger partial charge on any atom is 0.0316 e. The molecule has 116 valence electrons. The van der Waals surface area contributed by atoms with Crippen LogP contribution in [0.3, 0.4) is 0 Å². The summed E-state index contributed by atoms with van der Waals surface area (Å²) in [5.41, 5.74) is 12.6. The van der Waals surface area contributed by atoms with Crippen LogP contribution < -0.4 is 5.73 Å². The Labute approximate surface area is 134 Å². The number of nitrogens with two attached hydrogens (primary N) is 1. The molecule has 2 nitrogen and oxygen atoms in total. The van der Waals surface area contributed by atoms with Crippen molar-refractivity contribution in [3.8, 4) is 0 Å². The van der Waals surface area contributed by atoms with Crippen LogP contribution in [0.5, 0.6) is 0 Å². The van der Waals surface area contributed by atoms with E-state index in [1.165, 1.54) is 22.3 Å². The van der Waals surface area contributed by atoms with Gasteiger partial charge >= 0.3 is 0 Å². The first-order valence-electron chi connectivity index (χ1n) is 8.11. The fraction of sp³-hybridized carbons (Fsp3) is 0.400. The molecule has 0 unspecified atom stereocenters. The summed E-state index contributed by atoms with van der Waals surface area (Å²) in [5.74, 6) is 0. The van der Waals surface area contributed by atoms with Crippen molar-refractivity contribution in [3.63, 3.8) is 0 Å². The van der Waals surface area contributed by atoms with Crippen molar-refractivity contribution in [2.24, 2.45) is 0 Å². The lowest BCUT2D eigenvalue weighted by Gasteiger charge is -2.29. The molecule has 0 saturated heterocycles. The maximum absolute atomic E-state index is 5.88. The van der Waals surface area contributed by atoms with Crippen LogP contribution in [-0.2, 0) is 24.9 Å². The number of nitrogen functional groups attached to an aromatic ring is 1. The summed E-state index contributed by atoms with van der Waals surface area (Å²) < 4.78 is 0. The minimum Gasteiger partial charge on any atom is -0.399 e. The van der Waals surface area contributed by atoms with E-state index in [9.17, 15) is 0 Å². The molecule has 0 aromatic heterocycles. The van der Waals surface area contributed by atoms with E-state index in [2.05, 4.69) is 62.1 Å². The third kappa shape index (κ3) is 3.33. The Morgan fingerprint density at radius 3 is 2.41 bits per heavy atom. The molecule has 1 aliphatic heterocycles. The Morgan fingerprint density at radius 1 is 1.00 bits per heavy atom. The van der Waals surface area contributed by atoms with Gasteiger partial charge < -0.3 is 5.73 Å². The first-order valence-corrected chi connectivity index (χ1v) is 8.11. The molecule has 0 fully saturated rings. The van der Waals surface area contributed by atoms with Gasteiger partial charge in [-0.05, 0) is 46.2 Å². The molecule has 2 heteroatoms. The first kappa shape index (κ1) is 15.1. The number of anilines is 1. The summed E-state index contributed by atoms with van der Waals surface area (Å²) in [6.45, 7) is 9.93. The largest absolute Gasteiger partial charge is 0.399 e. The molecular weight excluding hydrogens is 268 g/mol. The zero-order valence-corrected chi connectivity index (χ0v) is 13.9. The van der Waals surface area contributed by atoms with Gasteiger partial charge in [0, 0.05) is 25.3 Å². The summed E-state index contributed by atoms with van der Waals surface area (Å²) in [6, 6.07) is 15.4. The standard InChI is InChI=1S/C20H26N2/c1-20(2,3)18-7-4-15(5-8-18)13-22-11-10-16-12-19(21)9-6-17(16)14-22/h4-9,12H,10-11,13-14,21H2,1-3H3. The molecule has 0 saturated carbocycles. The average molecular weight is 294 g/mol. The van der Waals surface area contributed by atoms with Gasteiger partial charge in [0.2, 0.25) is 0 Å². The highest BCUT2D eigenvalue weighted by Crippen LogP contribution is 2.25. The number of benzene rings is 2. The highest BCUT2D eigenvalue weighted by atomic mass is 15.1. The van der Waals surface area contributed by atoms with Crippen molar-refractivity contribution in [3.05, 3.63) is 64.7 Å². The second kappa shape index (κ2) is 5.77. The molecule has 1 aliphatic rings. The van der Waals surface area contributed by atoms with Gasteiger partial charge in [0.1, 0.15) is 0 Å². The predicted molar refractivity (Wildman–Crippen MR) is 93.8 cm³/mol. The predicted octanol–water partition coefficient (Wildman–Crippen LogP) is 4.12. The topological polar surface area (TPSA) is 29.3 Å². The van der Waals surface area contributed by atoms with E-state index >= 15 is 0 Å². The van der Waals surface area contributed by atoms with Gasteiger partial charge in [-0.1, -0.05) is 51.1 Å². The molecule has 0 bridgehead atoms. The first-order chi connectivity index (χ1) is 10.4. The van der Waals surface area contributed by atoms with Crippen LogP contribution in [0, 0.1) is 0 Å². The Morgan fingerprint density at radius 2 is 1.73 bits per heavy atom. The maximum atomic E-state index is 5.88. The molecule has 0 radical (unpaired) electrons. The van der Waals surface area contributed by atoms with Gasteiger partial charge in [-0.15, -0.1) is 0 Å². The van der Waals surface area contributed by atoms with Crippen molar-refractivity contribution in [1.82, 2.24) is 4.90 Å². The number of rotatable bonds is 2. The number of nitrogens with zero attached hydrogens (tertiary/aromatic N) is 1. The zero-order valence-electron chi connectivity index (χ0n) is 13.9. The molecule has 2 aromatic rings. The van der Waals surface area contributed by atoms with Crippen molar-refractivity contribution in [2.45, 2.75) is 45.7 Å². The van der Waals surface area contributed by atoms with Crippen LogP contribution in [0.4, 0.5) is 5.69 Å². The Balaban J connectivity index is 1.68. The highest BCUT2D eigenvalue weighted by molar-refractivity contribution is 5.45. The van der Waals surface area contributed by atoms with Crippen molar-refractivity contribution >= 4 is 5.69 Å². The molecule has 0 atom stereocenters. The Hall–Kier alpha value is -1.80. The molecule has 22 heavy (non-hydrogen) atoms. The molecule has 0 spiro atoms. The van der Waals surface area contributed by atoms with Crippen LogP contribution in [0.2, 0.25) is 0 Å². The third-order valence-electron chi connectivity index (χ3n) is 4.55. The van der Waals surface area contributed by atoms with Gasteiger partial charge in [-0.25, -0.2) is 0 Å². The van der Waals surface area contributed by atoms with Crippen LogP contribution in [0.15, 0.2) is 42.5 Å². The van der Waals surface area contributed by atoms with Crippen LogP contribution in [-0.4, -0.2) is 11.4 Å². The minimum atomic E-state index is 0.225. The van der Waals surface area contributed by atoms with Crippen LogP contribution >= 0.6 is 0 Å². The van der Waals surface area contributed by atoms with Gasteiger partial charge in [0.05, 0.1) is 0 Å². The highest BCUT2D eigenvalue weighted by Gasteiger charge is 2.17. The van der Waals surface area contributed by atoms with Crippen molar-refractivity contribution in [1.29, 1.82) is 0 Å². The average Bonchev–Trinajstić information content (AvgIpc) is 2.47. The quantitative estimate of drug-likeness (QED) is 0.844. The lowest BCUT2D eigenvalue weighted by molar-refractivity contribution is 0.245. The van der Waals surface area contributed by atoms with Crippen LogP contribution in [0.1, 0.15) is 43.0 Å². The monoisotopic (exact) mass is 294 g/mol. The van der Waals surface area contributed by atoms with E-state index < -0.39 is 0 Å². The number of fused-ring (bicyclic) bond motifs is 1. The Bertz CT molecular complexity index is 650. The van der Waals surface area contributed by atoms with Crippen molar-refractivity contribution < 1.29 is 0 Å². The molecular formula is C20H26N2. The zero-order chi connectivity index (χ0) is 15.7. The smallest absolute Gasteiger partial charge is 0.0316 e. The van der Waals surface area contributed by atoms with Gasteiger partial charge in [-0.3, -0.25) is 4.90 Å². The molecule has 1 heterocycles. The summed E-state index contributed by atoms with van der Waals surface area (Å²) in [5, 5.41) is 0. The van der Waals surface area contributed by atoms with Gasteiger partial charge in [0.25, 0.3) is 0 Å². The summed E-state index contributed by atoms with van der Waals surface area (Å²) in [6.07, 6.45) is 1.10. The third-order valence-corrected chi connectivity index (χ3v) is 4.55. The van der Waals surface area contributed by atoms with Crippen LogP contribution in [0.25, 0.3) is 0 Å². The van der Waals surface area contributed by atoms with E-state index in [1.807, 2.05) is 6.07 Å². The minimum absolute atomic E-state index is 0.225. The molecule has 2 N–H and O–H groups in total. The Kier molecular flexibility index (Phi) is 3.96. The van der Waals surface area contributed by atoms with E-state index in [4.69, 9.17) is 5.73 Å². The number of hydrogen-bond acceptors (Lipinski definition) is 2. The second-order valence-electron chi connectivity index (χ2n) is 7.44. The lowest BCUT2D eigenvalue weighted by Crippen LogP contribution is -2.30. The van der Waals surface area contributed by atoms with E-state index in [0.717, 1.165) is 31.7 Å². The lowest BCUT2D eigenvalue weighted by atomic mass is 9.86. The summed E-state index contributed by atoms with van der Waals surface area (Å²) in [4.78, 5) is 2.52. The molecule has 0 aliphatic carbocycles. The van der Waals surface area contributed by atoms with Crippen molar-refractivity contribution in [2.75, 3.05) is 12.3 Å². The number of hydrogen-bond donors (Lipinski definition) is 1. The van der Waals surface area contributed by atoms with E-state index in [1.54, 1.807) is 0 Å². The molecule has 0 amide bonds. The van der Waals surface area contributed by atoms with E-state index in [-0.39, 0.29) is 5.41 Å². The van der Waals surface area contributed by atoms with Gasteiger partial charge in [0.15, 0.2) is 0 Å². The van der Waals surface area contributed by atoms with Gasteiger partial charge in [-0.2, -0.15) is 0 Å². The normalized spacial score (nSPS) is 15.6. The SMILES string of the molecule is CC(C)(C)c1ccc(CN2CCc3cc(N)ccc3C2)cc1. The fourth-order valence-corrected chi connectivity index (χ4v) is 3.13. The summed E-state index contributed by atoms with van der Waals surface area (Å²) >= 11 is 0. The van der Waals surface area contributed by atoms with E-state index in [0.29, 0.717) is 0 Å². The molecule has 3 rings (SSSR count). The summed E-state index contributed by atoms with van der Waals surface area (Å²) in [7, 11) is 0. The fourth-order valence-electron chi connectivity index (χ4n) is 3.13. The molecule has 2 aromatic carbocycles. The second-order valence-corrected chi connectivity index (χ2v) is 7.44.